The summed E-state index contributed by atoms with van der Waals surface area (Å²) in [4.78, 5) is 30.3. The Morgan fingerprint density at radius 3 is 2.40 bits per heavy atom. The van der Waals surface area contributed by atoms with E-state index in [4.69, 9.17) is 4.74 Å². The van der Waals surface area contributed by atoms with Crippen LogP contribution in [0.5, 0.6) is 0 Å². The molecule has 0 radical (unpaired) electrons. The first kappa shape index (κ1) is 20.4. The van der Waals surface area contributed by atoms with Gasteiger partial charge in [-0.2, -0.15) is 0 Å². The predicted octanol–water partition coefficient (Wildman–Crippen LogP) is 3.78. The van der Waals surface area contributed by atoms with Crippen LogP contribution in [0.15, 0.2) is 60.3 Å². The molecule has 0 aliphatic carbocycles. The highest BCUT2D eigenvalue weighted by Gasteiger charge is 2.42. The lowest BCUT2D eigenvalue weighted by atomic mass is 10.0. The van der Waals surface area contributed by atoms with Crippen molar-refractivity contribution in [2.45, 2.75) is 39.3 Å². The maximum atomic E-state index is 13.5. The van der Waals surface area contributed by atoms with Crippen LogP contribution in [0.2, 0.25) is 0 Å². The van der Waals surface area contributed by atoms with Gasteiger partial charge in [-0.05, 0) is 37.8 Å². The molecule has 2 aromatic carbocycles. The van der Waals surface area contributed by atoms with Crippen LogP contribution in [0.1, 0.15) is 36.5 Å². The Kier molecular flexibility index (Phi) is 6.00. The normalized spacial score (nSPS) is 19.1. The van der Waals surface area contributed by atoms with E-state index in [2.05, 4.69) is 0 Å². The van der Waals surface area contributed by atoms with Crippen LogP contribution in [0.3, 0.4) is 0 Å². The van der Waals surface area contributed by atoms with Crippen LogP contribution in [0, 0.1) is 6.92 Å². The zero-order valence-electron chi connectivity index (χ0n) is 17.6. The van der Waals surface area contributed by atoms with Crippen molar-refractivity contribution >= 4 is 17.4 Å². The average Bonchev–Trinajstić information content (AvgIpc) is 3.36. The number of hydrogen-bond donors (Lipinski definition) is 0. The first-order valence-corrected chi connectivity index (χ1v) is 10.7. The monoisotopic (exact) mass is 404 g/mol. The summed E-state index contributed by atoms with van der Waals surface area (Å²) in [6, 6.07) is 17.9. The van der Waals surface area contributed by atoms with Crippen LogP contribution < -0.4 is 0 Å². The second-order valence-corrected chi connectivity index (χ2v) is 7.95. The van der Waals surface area contributed by atoms with Crippen molar-refractivity contribution in [2.24, 2.45) is 0 Å². The third-order valence-electron chi connectivity index (χ3n) is 5.81. The number of carbonyl (C=O) groups is 2. The van der Waals surface area contributed by atoms with Gasteiger partial charge in [-0.1, -0.05) is 60.2 Å². The number of likely N-dealkylation sites (N-methyl/N-ethyl adjacent to an activating group) is 1. The molecule has 5 nitrogen and oxygen atoms in total. The summed E-state index contributed by atoms with van der Waals surface area (Å²) in [6.07, 6.45) is 1.79. The van der Waals surface area contributed by atoms with E-state index in [0.717, 1.165) is 29.5 Å². The maximum absolute atomic E-state index is 13.5. The number of nitrogens with zero attached hydrogens (tertiary/aromatic N) is 2. The molecule has 0 spiro atoms. The third-order valence-corrected chi connectivity index (χ3v) is 5.81. The van der Waals surface area contributed by atoms with Crippen molar-refractivity contribution in [3.63, 3.8) is 0 Å². The number of carbonyl (C=O) groups excluding carboxylic acids is 2. The fourth-order valence-corrected chi connectivity index (χ4v) is 4.15. The molecular weight excluding hydrogens is 376 g/mol. The van der Waals surface area contributed by atoms with Crippen molar-refractivity contribution in [2.75, 3.05) is 19.7 Å². The van der Waals surface area contributed by atoms with Crippen molar-refractivity contribution in [3.8, 4) is 0 Å². The summed E-state index contributed by atoms with van der Waals surface area (Å²) < 4.78 is 5.71. The second-order valence-electron chi connectivity index (χ2n) is 7.95. The molecule has 0 saturated carbocycles. The van der Waals surface area contributed by atoms with Crippen LogP contribution in [0.4, 0.5) is 0 Å². The van der Waals surface area contributed by atoms with Gasteiger partial charge in [0.05, 0.1) is 18.2 Å². The molecule has 2 heterocycles. The lowest BCUT2D eigenvalue weighted by Gasteiger charge is -2.25. The van der Waals surface area contributed by atoms with Crippen molar-refractivity contribution in [3.05, 3.63) is 77.0 Å². The van der Waals surface area contributed by atoms with Gasteiger partial charge in [0, 0.05) is 19.7 Å². The Morgan fingerprint density at radius 2 is 1.77 bits per heavy atom. The lowest BCUT2D eigenvalue weighted by molar-refractivity contribution is -0.139. The number of ether oxygens (including phenoxy) is 1. The highest BCUT2D eigenvalue weighted by Crippen LogP contribution is 2.33. The van der Waals surface area contributed by atoms with Crippen LogP contribution in [-0.4, -0.2) is 47.4 Å². The summed E-state index contributed by atoms with van der Waals surface area (Å²) in [6.45, 7) is 6.25. The van der Waals surface area contributed by atoms with Crippen molar-refractivity contribution in [1.29, 1.82) is 0 Å². The van der Waals surface area contributed by atoms with Gasteiger partial charge in [0.15, 0.2) is 0 Å². The summed E-state index contributed by atoms with van der Waals surface area (Å²) in [5.74, 6) is -0.440. The molecule has 1 unspecified atom stereocenters. The highest BCUT2D eigenvalue weighted by atomic mass is 16.5. The Hall–Kier alpha value is -2.92. The zero-order chi connectivity index (χ0) is 21.1. The standard InChI is InChI=1S/C25H28N2O3/c1-3-26(16-19-8-5-4-6-9-19)23-22(20-13-11-18(2)12-14-20)24(28)27(25(23)29)17-21-10-7-15-30-21/h4-6,8-9,11-14,21H,3,7,10,15-17H2,1-2H3. The minimum atomic E-state index is -0.221. The molecule has 2 aliphatic heterocycles. The molecule has 2 aromatic rings. The lowest BCUT2D eigenvalue weighted by Crippen LogP contribution is -2.39. The number of aryl methyl sites for hydroxylation is 1. The third kappa shape index (κ3) is 4.03. The van der Waals surface area contributed by atoms with E-state index >= 15 is 0 Å². The molecule has 0 bridgehead atoms. The Labute approximate surface area is 177 Å². The molecule has 1 fully saturated rings. The van der Waals surface area contributed by atoms with E-state index < -0.39 is 0 Å². The summed E-state index contributed by atoms with van der Waals surface area (Å²) in [7, 11) is 0. The second kappa shape index (κ2) is 8.84. The Bertz CT molecular complexity index is 944. The first-order valence-electron chi connectivity index (χ1n) is 10.7. The molecular formula is C25H28N2O3. The molecule has 156 valence electrons. The number of amides is 2. The molecule has 1 atom stereocenters. The summed E-state index contributed by atoms with van der Waals surface area (Å²) in [5.41, 5.74) is 4.00. The zero-order valence-corrected chi connectivity index (χ0v) is 17.6. The highest BCUT2D eigenvalue weighted by molar-refractivity contribution is 6.35. The van der Waals surface area contributed by atoms with Crippen LogP contribution in [0.25, 0.3) is 5.57 Å². The molecule has 1 saturated heterocycles. The minimum Gasteiger partial charge on any atom is -0.376 e. The molecule has 0 aromatic heterocycles. The van der Waals surface area contributed by atoms with Gasteiger partial charge < -0.3 is 9.64 Å². The fourth-order valence-electron chi connectivity index (χ4n) is 4.15. The van der Waals surface area contributed by atoms with E-state index in [1.165, 1.54) is 4.90 Å². The Balaban J connectivity index is 1.72. The molecule has 2 aliphatic rings. The number of hydrogen-bond acceptors (Lipinski definition) is 4. The molecule has 5 heteroatoms. The summed E-state index contributed by atoms with van der Waals surface area (Å²) in [5, 5.41) is 0. The smallest absolute Gasteiger partial charge is 0.277 e. The van der Waals surface area contributed by atoms with E-state index in [0.29, 0.717) is 37.5 Å². The van der Waals surface area contributed by atoms with Gasteiger partial charge in [-0.3, -0.25) is 14.5 Å². The first-order chi connectivity index (χ1) is 14.6. The van der Waals surface area contributed by atoms with Gasteiger partial charge in [0.1, 0.15) is 5.70 Å². The van der Waals surface area contributed by atoms with Gasteiger partial charge >= 0.3 is 0 Å². The Morgan fingerprint density at radius 1 is 1.03 bits per heavy atom. The van der Waals surface area contributed by atoms with Crippen LogP contribution >= 0.6 is 0 Å². The van der Waals surface area contributed by atoms with E-state index in [1.807, 2.05) is 73.3 Å². The largest absolute Gasteiger partial charge is 0.376 e. The van der Waals surface area contributed by atoms with Crippen molar-refractivity contribution < 1.29 is 14.3 Å². The quantitative estimate of drug-likeness (QED) is 0.659. The van der Waals surface area contributed by atoms with Crippen molar-refractivity contribution in [1.82, 2.24) is 9.80 Å². The predicted molar refractivity (Wildman–Crippen MR) is 116 cm³/mol. The molecule has 2 amide bonds. The maximum Gasteiger partial charge on any atom is 0.277 e. The number of imide groups is 1. The average molecular weight is 405 g/mol. The fraction of sp³-hybridized carbons (Fsp3) is 0.360. The number of benzene rings is 2. The minimum absolute atomic E-state index is 0.0688. The van der Waals surface area contributed by atoms with Gasteiger partial charge in [0.25, 0.3) is 11.8 Å². The van der Waals surface area contributed by atoms with E-state index in [9.17, 15) is 9.59 Å². The van der Waals surface area contributed by atoms with E-state index in [1.54, 1.807) is 0 Å². The molecule has 4 rings (SSSR count). The topological polar surface area (TPSA) is 49.9 Å². The molecule has 30 heavy (non-hydrogen) atoms. The number of rotatable bonds is 7. The van der Waals surface area contributed by atoms with Gasteiger partial charge in [-0.15, -0.1) is 0 Å². The SMILES string of the molecule is CCN(Cc1ccccc1)C1=C(c2ccc(C)cc2)C(=O)N(CC2CCCO2)C1=O. The van der Waals surface area contributed by atoms with Crippen LogP contribution in [-0.2, 0) is 20.9 Å². The van der Waals surface area contributed by atoms with Gasteiger partial charge in [-0.25, -0.2) is 0 Å². The molecule has 0 N–H and O–H groups in total. The van der Waals surface area contributed by atoms with E-state index in [-0.39, 0.29) is 17.9 Å². The summed E-state index contributed by atoms with van der Waals surface area (Å²) >= 11 is 0. The van der Waals surface area contributed by atoms with Gasteiger partial charge in [0.2, 0.25) is 0 Å².